The second-order valence-corrected chi connectivity index (χ2v) is 5.71. The van der Waals surface area contributed by atoms with Crippen LogP contribution in [0.25, 0.3) is 0 Å². The van der Waals surface area contributed by atoms with Crippen LogP contribution in [-0.4, -0.2) is 16.9 Å². The Bertz CT molecular complexity index is 581. The lowest BCUT2D eigenvalue weighted by molar-refractivity contribution is 0.0522. The fraction of sp³-hybridized carbons (Fsp3) is 0.231. The molecule has 100 valence electrons. The summed E-state index contributed by atoms with van der Waals surface area (Å²) in [4.78, 5) is 12.7. The summed E-state index contributed by atoms with van der Waals surface area (Å²) in [5.41, 5.74) is 1.95. The molecule has 0 unspecified atom stereocenters. The zero-order valence-corrected chi connectivity index (χ0v) is 13.0. The van der Waals surface area contributed by atoms with Crippen LogP contribution in [0.3, 0.4) is 0 Å². The van der Waals surface area contributed by atoms with Crippen molar-refractivity contribution in [3.8, 4) is 0 Å². The van der Waals surface area contributed by atoms with Gasteiger partial charge in [-0.05, 0) is 49.6 Å². The highest BCUT2D eigenvalue weighted by molar-refractivity contribution is 9.10. The SMILES string of the molecule is CCOC(=O)c1nsc(C)c1Nc1ccc(Br)cc1. The highest BCUT2D eigenvalue weighted by atomic mass is 79.9. The van der Waals surface area contributed by atoms with Gasteiger partial charge >= 0.3 is 5.97 Å². The number of benzene rings is 1. The number of ether oxygens (including phenoxy) is 1. The maximum absolute atomic E-state index is 11.8. The van der Waals surface area contributed by atoms with Crippen LogP contribution in [0.1, 0.15) is 22.3 Å². The number of esters is 1. The molecule has 0 saturated heterocycles. The first-order valence-electron chi connectivity index (χ1n) is 5.77. The van der Waals surface area contributed by atoms with Gasteiger partial charge in [0.2, 0.25) is 0 Å². The summed E-state index contributed by atoms with van der Waals surface area (Å²) in [6.45, 7) is 4.04. The number of anilines is 2. The molecule has 0 spiro atoms. The van der Waals surface area contributed by atoms with Crippen molar-refractivity contribution in [1.29, 1.82) is 0 Å². The molecule has 0 atom stereocenters. The molecule has 0 aliphatic rings. The van der Waals surface area contributed by atoms with Crippen molar-refractivity contribution in [2.75, 3.05) is 11.9 Å². The van der Waals surface area contributed by atoms with Gasteiger partial charge < -0.3 is 10.1 Å². The third-order valence-corrected chi connectivity index (χ3v) is 3.73. The standard InChI is InChI=1S/C13H13BrN2O2S/c1-3-18-13(17)12-11(8(2)19-16-12)15-10-6-4-9(14)5-7-10/h4-7,15H,3H2,1-2H3. The Labute approximate surface area is 124 Å². The maximum atomic E-state index is 11.8. The first-order valence-corrected chi connectivity index (χ1v) is 7.34. The molecule has 1 N–H and O–H groups in total. The molecule has 1 aromatic carbocycles. The molecule has 0 radical (unpaired) electrons. The number of nitrogens with zero attached hydrogens (tertiary/aromatic N) is 1. The molecule has 0 aliphatic heterocycles. The maximum Gasteiger partial charge on any atom is 0.360 e. The summed E-state index contributed by atoms with van der Waals surface area (Å²) < 4.78 is 10.1. The minimum Gasteiger partial charge on any atom is -0.461 e. The largest absolute Gasteiger partial charge is 0.461 e. The molecule has 19 heavy (non-hydrogen) atoms. The van der Waals surface area contributed by atoms with Gasteiger partial charge in [-0.2, -0.15) is 4.37 Å². The summed E-state index contributed by atoms with van der Waals surface area (Å²) in [6.07, 6.45) is 0. The lowest BCUT2D eigenvalue weighted by atomic mass is 10.2. The first kappa shape index (κ1) is 14.0. The molecule has 0 aliphatic carbocycles. The van der Waals surface area contributed by atoms with Crippen LogP contribution < -0.4 is 5.32 Å². The zero-order valence-electron chi connectivity index (χ0n) is 10.6. The van der Waals surface area contributed by atoms with Gasteiger partial charge in [0, 0.05) is 15.0 Å². The number of rotatable bonds is 4. The van der Waals surface area contributed by atoms with Crippen molar-refractivity contribution >= 4 is 44.8 Å². The van der Waals surface area contributed by atoms with Gasteiger partial charge in [0.25, 0.3) is 0 Å². The zero-order chi connectivity index (χ0) is 13.8. The van der Waals surface area contributed by atoms with Crippen molar-refractivity contribution in [3.05, 3.63) is 39.3 Å². The Hall–Kier alpha value is -1.40. The van der Waals surface area contributed by atoms with E-state index in [2.05, 4.69) is 25.6 Å². The van der Waals surface area contributed by atoms with E-state index in [0.717, 1.165) is 15.0 Å². The Morgan fingerprint density at radius 1 is 1.42 bits per heavy atom. The van der Waals surface area contributed by atoms with Crippen molar-refractivity contribution in [2.24, 2.45) is 0 Å². The number of aromatic nitrogens is 1. The molecular weight excluding hydrogens is 328 g/mol. The highest BCUT2D eigenvalue weighted by Crippen LogP contribution is 2.28. The summed E-state index contributed by atoms with van der Waals surface area (Å²) in [7, 11) is 0. The number of hydrogen-bond acceptors (Lipinski definition) is 5. The van der Waals surface area contributed by atoms with Gasteiger partial charge in [-0.3, -0.25) is 0 Å². The molecule has 0 saturated carbocycles. The Kier molecular flexibility index (Phi) is 4.55. The number of hydrogen-bond donors (Lipinski definition) is 1. The first-order chi connectivity index (χ1) is 9.11. The summed E-state index contributed by atoms with van der Waals surface area (Å²) in [5, 5.41) is 3.21. The molecule has 0 bridgehead atoms. The van der Waals surface area contributed by atoms with E-state index in [1.54, 1.807) is 6.92 Å². The van der Waals surface area contributed by atoms with Gasteiger partial charge in [0.15, 0.2) is 5.69 Å². The van der Waals surface area contributed by atoms with Gasteiger partial charge in [0.1, 0.15) is 0 Å². The summed E-state index contributed by atoms with van der Waals surface area (Å²) >= 11 is 4.67. The normalized spacial score (nSPS) is 10.3. The Morgan fingerprint density at radius 3 is 2.74 bits per heavy atom. The molecule has 1 aromatic heterocycles. The van der Waals surface area contributed by atoms with Gasteiger partial charge in [0.05, 0.1) is 12.3 Å². The lowest BCUT2D eigenvalue weighted by Crippen LogP contribution is -2.07. The molecule has 2 aromatic rings. The third-order valence-electron chi connectivity index (χ3n) is 2.45. The topological polar surface area (TPSA) is 51.2 Å². The number of nitrogens with one attached hydrogen (secondary N) is 1. The van der Waals surface area contributed by atoms with Crippen LogP contribution >= 0.6 is 27.5 Å². The minimum absolute atomic E-state index is 0.340. The van der Waals surface area contributed by atoms with E-state index < -0.39 is 5.97 Å². The van der Waals surface area contributed by atoms with E-state index >= 15 is 0 Å². The molecule has 2 rings (SSSR count). The molecule has 6 heteroatoms. The molecule has 0 amide bonds. The van der Waals surface area contributed by atoms with E-state index in [4.69, 9.17) is 4.74 Å². The van der Waals surface area contributed by atoms with Crippen molar-refractivity contribution in [3.63, 3.8) is 0 Å². The molecular formula is C13H13BrN2O2S. The summed E-state index contributed by atoms with van der Waals surface area (Å²) in [6, 6.07) is 7.72. The van der Waals surface area contributed by atoms with Crippen molar-refractivity contribution in [1.82, 2.24) is 4.37 Å². The Balaban J connectivity index is 2.26. The third kappa shape index (κ3) is 3.33. The van der Waals surface area contributed by atoms with Crippen LogP contribution in [-0.2, 0) is 4.74 Å². The van der Waals surface area contributed by atoms with Gasteiger partial charge in [-0.25, -0.2) is 4.79 Å². The van der Waals surface area contributed by atoms with Gasteiger partial charge in [-0.1, -0.05) is 15.9 Å². The predicted octanol–water partition coefficient (Wildman–Crippen LogP) is 4.13. The van der Waals surface area contributed by atoms with E-state index in [9.17, 15) is 4.79 Å². The quantitative estimate of drug-likeness (QED) is 0.850. The fourth-order valence-corrected chi connectivity index (χ4v) is 2.43. The average Bonchev–Trinajstić information content (AvgIpc) is 2.74. The minimum atomic E-state index is -0.397. The second kappa shape index (κ2) is 6.16. The number of aryl methyl sites for hydroxylation is 1. The van der Waals surface area contributed by atoms with Crippen LogP contribution in [0.5, 0.6) is 0 Å². The van der Waals surface area contributed by atoms with E-state index in [1.807, 2.05) is 31.2 Å². The monoisotopic (exact) mass is 340 g/mol. The van der Waals surface area contributed by atoms with Crippen LogP contribution in [0.2, 0.25) is 0 Å². The van der Waals surface area contributed by atoms with E-state index in [1.165, 1.54) is 11.5 Å². The van der Waals surface area contributed by atoms with Crippen LogP contribution in [0, 0.1) is 6.92 Å². The molecule has 0 fully saturated rings. The van der Waals surface area contributed by atoms with Crippen molar-refractivity contribution in [2.45, 2.75) is 13.8 Å². The summed E-state index contributed by atoms with van der Waals surface area (Å²) in [5.74, 6) is -0.397. The number of halogens is 1. The van der Waals surface area contributed by atoms with Crippen LogP contribution in [0.4, 0.5) is 11.4 Å². The van der Waals surface area contributed by atoms with E-state index in [0.29, 0.717) is 18.0 Å². The second-order valence-electron chi connectivity index (χ2n) is 3.81. The number of carbonyl (C=O) groups excluding carboxylic acids is 1. The van der Waals surface area contributed by atoms with Crippen LogP contribution in [0.15, 0.2) is 28.7 Å². The van der Waals surface area contributed by atoms with E-state index in [-0.39, 0.29) is 0 Å². The molecule has 1 heterocycles. The Morgan fingerprint density at radius 2 is 2.11 bits per heavy atom. The number of carbonyl (C=O) groups is 1. The average molecular weight is 341 g/mol. The van der Waals surface area contributed by atoms with Gasteiger partial charge in [-0.15, -0.1) is 0 Å². The highest BCUT2D eigenvalue weighted by Gasteiger charge is 2.19. The predicted molar refractivity (Wildman–Crippen MR) is 80.2 cm³/mol. The smallest absolute Gasteiger partial charge is 0.360 e. The van der Waals surface area contributed by atoms with Crippen molar-refractivity contribution < 1.29 is 9.53 Å². The molecule has 4 nitrogen and oxygen atoms in total. The lowest BCUT2D eigenvalue weighted by Gasteiger charge is -2.07. The fourth-order valence-electron chi connectivity index (χ4n) is 1.54.